The molecule has 24 heavy (non-hydrogen) atoms. The lowest BCUT2D eigenvalue weighted by Gasteiger charge is -2.25. The summed E-state index contributed by atoms with van der Waals surface area (Å²) in [6.45, 7) is 2.52. The third-order valence-corrected chi connectivity index (χ3v) is 6.36. The average Bonchev–Trinajstić information content (AvgIpc) is 2.64. The minimum absolute atomic E-state index is 0.241. The number of morpholine rings is 1. The molecule has 7 heteroatoms. The van der Waals surface area contributed by atoms with Crippen molar-refractivity contribution in [1.82, 2.24) is 9.29 Å². The van der Waals surface area contributed by atoms with Gasteiger partial charge in [0.25, 0.3) is 0 Å². The van der Waals surface area contributed by atoms with Gasteiger partial charge in [-0.1, -0.05) is 11.6 Å². The zero-order valence-electron chi connectivity index (χ0n) is 13.9. The Bertz CT molecular complexity index is 665. The molecular weight excluding hydrogens is 326 g/mol. The van der Waals surface area contributed by atoms with E-state index in [1.807, 2.05) is 0 Å². The van der Waals surface area contributed by atoms with Gasteiger partial charge in [0.05, 0.1) is 13.2 Å². The van der Waals surface area contributed by atoms with E-state index < -0.39 is 10.0 Å². The second kappa shape index (κ2) is 8.09. The first kappa shape index (κ1) is 17.4. The van der Waals surface area contributed by atoms with Crippen LogP contribution in [-0.2, 0) is 14.8 Å². The van der Waals surface area contributed by atoms with Crippen molar-refractivity contribution in [2.75, 3.05) is 38.2 Å². The molecule has 1 aromatic rings. The van der Waals surface area contributed by atoms with Gasteiger partial charge in [-0.3, -0.25) is 0 Å². The molecule has 1 aromatic heterocycles. The highest BCUT2D eigenvalue weighted by molar-refractivity contribution is 7.89. The van der Waals surface area contributed by atoms with E-state index in [9.17, 15) is 8.42 Å². The van der Waals surface area contributed by atoms with E-state index in [2.05, 4.69) is 16.4 Å². The van der Waals surface area contributed by atoms with Crippen LogP contribution >= 0.6 is 0 Å². The summed E-state index contributed by atoms with van der Waals surface area (Å²) in [5.74, 6) is 0.715. The van der Waals surface area contributed by atoms with E-state index in [-0.39, 0.29) is 4.90 Å². The number of ether oxygens (including phenoxy) is 1. The molecule has 1 aliphatic heterocycles. The smallest absolute Gasteiger partial charge is 0.244 e. The van der Waals surface area contributed by atoms with Crippen LogP contribution in [0.15, 0.2) is 34.9 Å². The molecule has 132 valence electrons. The van der Waals surface area contributed by atoms with Crippen molar-refractivity contribution in [1.29, 1.82) is 0 Å². The van der Waals surface area contributed by atoms with Gasteiger partial charge in [0, 0.05) is 25.8 Å². The highest BCUT2D eigenvalue weighted by Crippen LogP contribution is 2.20. The number of aromatic nitrogens is 1. The summed E-state index contributed by atoms with van der Waals surface area (Å²) in [7, 11) is -3.46. The standard InChI is InChI=1S/C17H25N3O3S/c21-24(22,20-10-12-23-13-11-20)16-6-7-17(19-14-16)18-9-8-15-4-2-1-3-5-15/h4,6-7,14H,1-3,5,8-13H2,(H,18,19). The topological polar surface area (TPSA) is 71.5 Å². The van der Waals surface area contributed by atoms with Crippen LogP contribution in [0, 0.1) is 0 Å². The van der Waals surface area contributed by atoms with Crippen LogP contribution in [0.1, 0.15) is 32.1 Å². The first-order chi connectivity index (χ1) is 11.7. The Kier molecular flexibility index (Phi) is 5.86. The number of pyridine rings is 1. The summed E-state index contributed by atoms with van der Waals surface area (Å²) < 4.78 is 31.7. The fourth-order valence-corrected chi connectivity index (χ4v) is 4.41. The summed E-state index contributed by atoms with van der Waals surface area (Å²) in [5.41, 5.74) is 1.51. The molecule has 2 heterocycles. The maximum atomic E-state index is 12.5. The fourth-order valence-electron chi connectivity index (χ4n) is 3.06. The van der Waals surface area contributed by atoms with Crippen LogP contribution < -0.4 is 5.32 Å². The number of rotatable bonds is 6. The van der Waals surface area contributed by atoms with Gasteiger partial charge < -0.3 is 10.1 Å². The van der Waals surface area contributed by atoms with Gasteiger partial charge >= 0.3 is 0 Å². The van der Waals surface area contributed by atoms with Crippen molar-refractivity contribution in [3.8, 4) is 0 Å². The Balaban J connectivity index is 1.55. The molecule has 1 saturated heterocycles. The third-order valence-electron chi connectivity index (χ3n) is 4.48. The largest absolute Gasteiger partial charge is 0.379 e. The van der Waals surface area contributed by atoms with Crippen molar-refractivity contribution >= 4 is 15.8 Å². The quantitative estimate of drug-likeness (QED) is 0.797. The monoisotopic (exact) mass is 351 g/mol. The minimum atomic E-state index is -3.46. The zero-order valence-corrected chi connectivity index (χ0v) is 14.7. The molecule has 0 atom stereocenters. The summed E-state index contributed by atoms with van der Waals surface area (Å²) >= 11 is 0. The van der Waals surface area contributed by atoms with Crippen molar-refractivity contribution in [2.45, 2.75) is 37.0 Å². The van der Waals surface area contributed by atoms with Gasteiger partial charge in [0.1, 0.15) is 10.7 Å². The lowest BCUT2D eigenvalue weighted by atomic mass is 9.97. The molecular formula is C17H25N3O3S. The molecule has 0 amide bonds. The van der Waals surface area contributed by atoms with Crippen molar-refractivity contribution < 1.29 is 13.2 Å². The molecule has 0 saturated carbocycles. The van der Waals surface area contributed by atoms with Gasteiger partial charge in [-0.2, -0.15) is 4.31 Å². The number of sulfonamides is 1. The number of nitrogens with one attached hydrogen (secondary N) is 1. The van der Waals surface area contributed by atoms with E-state index in [1.54, 1.807) is 12.1 Å². The van der Waals surface area contributed by atoms with Crippen LogP contribution in [0.25, 0.3) is 0 Å². The van der Waals surface area contributed by atoms with E-state index in [0.29, 0.717) is 32.1 Å². The molecule has 1 fully saturated rings. The number of hydrogen-bond donors (Lipinski definition) is 1. The second-order valence-corrected chi connectivity index (χ2v) is 8.12. The predicted octanol–water partition coefficient (Wildman–Crippen LogP) is 2.40. The molecule has 0 aromatic carbocycles. The van der Waals surface area contributed by atoms with E-state index >= 15 is 0 Å². The summed E-state index contributed by atoms with van der Waals surface area (Å²) in [4.78, 5) is 4.50. The van der Waals surface area contributed by atoms with Gasteiger partial charge in [-0.05, 0) is 44.2 Å². The Morgan fingerprint density at radius 2 is 2.04 bits per heavy atom. The molecule has 0 spiro atoms. The molecule has 0 radical (unpaired) electrons. The SMILES string of the molecule is O=S(=O)(c1ccc(NCCC2=CCCCC2)nc1)N1CCOCC1. The predicted molar refractivity (Wildman–Crippen MR) is 93.5 cm³/mol. The fraction of sp³-hybridized carbons (Fsp3) is 0.588. The Hall–Kier alpha value is -1.44. The molecule has 2 aliphatic rings. The van der Waals surface area contributed by atoms with Gasteiger partial charge in [0.15, 0.2) is 0 Å². The summed E-state index contributed by atoms with van der Waals surface area (Å²) in [6, 6.07) is 3.36. The van der Waals surface area contributed by atoms with Gasteiger partial charge in [0.2, 0.25) is 10.0 Å². The maximum Gasteiger partial charge on any atom is 0.244 e. The Labute approximate surface area is 144 Å². The Morgan fingerprint density at radius 1 is 1.21 bits per heavy atom. The van der Waals surface area contributed by atoms with Gasteiger partial charge in [-0.25, -0.2) is 13.4 Å². The average molecular weight is 351 g/mol. The lowest BCUT2D eigenvalue weighted by molar-refractivity contribution is 0.0730. The summed E-state index contributed by atoms with van der Waals surface area (Å²) in [6.07, 6.45) is 9.79. The molecule has 1 aliphatic carbocycles. The van der Waals surface area contributed by atoms with Crippen LogP contribution in [0.5, 0.6) is 0 Å². The van der Waals surface area contributed by atoms with Crippen molar-refractivity contribution in [3.63, 3.8) is 0 Å². The van der Waals surface area contributed by atoms with Gasteiger partial charge in [-0.15, -0.1) is 0 Å². The molecule has 1 N–H and O–H groups in total. The van der Waals surface area contributed by atoms with Crippen LogP contribution in [0.4, 0.5) is 5.82 Å². The molecule has 0 unspecified atom stereocenters. The normalized spacial score (nSPS) is 19.8. The van der Waals surface area contributed by atoms with Crippen molar-refractivity contribution in [2.24, 2.45) is 0 Å². The van der Waals surface area contributed by atoms with Crippen LogP contribution in [0.2, 0.25) is 0 Å². The third kappa shape index (κ3) is 4.34. The van der Waals surface area contributed by atoms with E-state index in [1.165, 1.54) is 41.8 Å². The molecule has 0 bridgehead atoms. The zero-order chi connectivity index (χ0) is 16.8. The van der Waals surface area contributed by atoms with E-state index in [0.717, 1.165) is 13.0 Å². The van der Waals surface area contributed by atoms with E-state index in [4.69, 9.17) is 4.74 Å². The molecule has 3 rings (SSSR count). The first-order valence-electron chi connectivity index (χ1n) is 8.62. The van der Waals surface area contributed by atoms with Crippen molar-refractivity contribution in [3.05, 3.63) is 30.0 Å². The maximum absolute atomic E-state index is 12.5. The highest BCUT2D eigenvalue weighted by Gasteiger charge is 2.26. The first-order valence-corrected chi connectivity index (χ1v) is 10.1. The molecule has 6 nitrogen and oxygen atoms in total. The lowest BCUT2D eigenvalue weighted by Crippen LogP contribution is -2.40. The number of nitrogens with zero attached hydrogens (tertiary/aromatic N) is 2. The van der Waals surface area contributed by atoms with Crippen LogP contribution in [-0.4, -0.2) is 50.6 Å². The van der Waals surface area contributed by atoms with Crippen LogP contribution in [0.3, 0.4) is 0 Å². The Morgan fingerprint density at radius 3 is 2.71 bits per heavy atom. The number of allylic oxidation sites excluding steroid dienone is 1. The minimum Gasteiger partial charge on any atom is -0.379 e. The highest BCUT2D eigenvalue weighted by atomic mass is 32.2. The summed E-state index contributed by atoms with van der Waals surface area (Å²) in [5, 5.41) is 3.27. The number of hydrogen-bond acceptors (Lipinski definition) is 5. The number of anilines is 1. The second-order valence-electron chi connectivity index (χ2n) is 6.18.